The Kier molecular flexibility index (Phi) is 4.62. The molecule has 3 atom stereocenters. The Morgan fingerprint density at radius 3 is 2.17 bits per heavy atom. The van der Waals surface area contributed by atoms with Gasteiger partial charge in [0.15, 0.2) is 0 Å². The molecule has 0 aliphatic heterocycles. The van der Waals surface area contributed by atoms with E-state index in [9.17, 15) is 0 Å². The molecule has 0 aromatic rings. The molecule has 0 aromatic carbocycles. The first-order chi connectivity index (χ1) is 8.92. The Labute approximate surface area is 113 Å². The first kappa shape index (κ1) is 13.0. The Morgan fingerprint density at radius 1 is 0.722 bits per heavy atom. The largest absolute Gasteiger partial charge is 0.316 e. The van der Waals surface area contributed by atoms with Crippen LogP contribution in [0.2, 0.25) is 0 Å². The fraction of sp³-hybridized carbons (Fsp3) is 1.00. The predicted molar refractivity (Wildman–Crippen MR) is 77.6 cm³/mol. The molecule has 3 saturated carbocycles. The Hall–Kier alpha value is -0.0400. The van der Waals surface area contributed by atoms with Gasteiger partial charge in [-0.2, -0.15) is 0 Å². The van der Waals surface area contributed by atoms with Crippen molar-refractivity contribution in [3.8, 4) is 0 Å². The fourth-order valence-electron chi connectivity index (χ4n) is 4.84. The number of nitrogens with one attached hydrogen (secondary N) is 1. The van der Waals surface area contributed by atoms with Crippen LogP contribution in [0.25, 0.3) is 0 Å². The van der Waals surface area contributed by atoms with Gasteiger partial charge in [-0.25, -0.2) is 0 Å². The van der Waals surface area contributed by atoms with Crippen molar-refractivity contribution in [2.24, 2.45) is 23.7 Å². The molecular formula is C17H31N. The van der Waals surface area contributed by atoms with Crippen molar-refractivity contribution in [2.45, 2.75) is 70.6 Å². The molecule has 3 fully saturated rings. The van der Waals surface area contributed by atoms with Crippen LogP contribution in [0.3, 0.4) is 0 Å². The molecule has 1 N–H and O–H groups in total. The highest BCUT2D eigenvalue weighted by atomic mass is 14.9. The zero-order valence-electron chi connectivity index (χ0n) is 12.0. The van der Waals surface area contributed by atoms with Crippen molar-refractivity contribution in [3.05, 3.63) is 0 Å². The van der Waals surface area contributed by atoms with Crippen molar-refractivity contribution >= 4 is 0 Å². The molecule has 2 bridgehead atoms. The Morgan fingerprint density at radius 2 is 1.50 bits per heavy atom. The summed E-state index contributed by atoms with van der Waals surface area (Å²) in [7, 11) is 0. The molecule has 3 aliphatic rings. The van der Waals surface area contributed by atoms with E-state index in [2.05, 4.69) is 5.32 Å². The second kappa shape index (κ2) is 6.41. The molecule has 0 spiro atoms. The van der Waals surface area contributed by atoms with E-state index in [-0.39, 0.29) is 0 Å². The van der Waals surface area contributed by atoms with Gasteiger partial charge in [-0.15, -0.1) is 0 Å². The molecule has 3 aliphatic carbocycles. The fourth-order valence-corrected chi connectivity index (χ4v) is 4.84. The molecule has 0 aromatic heterocycles. The quantitative estimate of drug-likeness (QED) is 0.780. The van der Waals surface area contributed by atoms with Crippen molar-refractivity contribution in [1.82, 2.24) is 5.32 Å². The number of rotatable bonds is 4. The predicted octanol–water partition coefficient (Wildman–Crippen LogP) is 4.37. The van der Waals surface area contributed by atoms with Gasteiger partial charge in [0, 0.05) is 0 Å². The van der Waals surface area contributed by atoms with E-state index in [1.165, 1.54) is 58.0 Å². The summed E-state index contributed by atoms with van der Waals surface area (Å²) in [5, 5.41) is 3.83. The average Bonchev–Trinajstić information content (AvgIpc) is 2.93. The number of hydrogen-bond donors (Lipinski definition) is 1. The highest BCUT2D eigenvalue weighted by molar-refractivity contribution is 4.90. The van der Waals surface area contributed by atoms with Crippen molar-refractivity contribution in [2.75, 3.05) is 13.1 Å². The third-order valence-electron chi connectivity index (χ3n) is 5.95. The molecule has 1 nitrogen and oxygen atoms in total. The van der Waals surface area contributed by atoms with Crippen molar-refractivity contribution in [3.63, 3.8) is 0 Å². The lowest BCUT2D eigenvalue weighted by atomic mass is 9.88. The van der Waals surface area contributed by atoms with Crippen LogP contribution in [0, 0.1) is 23.7 Å². The molecule has 0 radical (unpaired) electrons. The van der Waals surface area contributed by atoms with Gasteiger partial charge in [-0.05, 0) is 68.9 Å². The van der Waals surface area contributed by atoms with Gasteiger partial charge in [0.05, 0.1) is 0 Å². The van der Waals surface area contributed by atoms with E-state index in [1.807, 2.05) is 0 Å². The molecule has 104 valence electrons. The third kappa shape index (κ3) is 3.29. The summed E-state index contributed by atoms with van der Waals surface area (Å²) in [5.41, 5.74) is 0. The van der Waals surface area contributed by atoms with E-state index in [0.717, 1.165) is 23.7 Å². The van der Waals surface area contributed by atoms with Crippen LogP contribution in [0.1, 0.15) is 70.6 Å². The number of hydrogen-bond acceptors (Lipinski definition) is 1. The highest BCUT2D eigenvalue weighted by Gasteiger charge is 2.38. The van der Waals surface area contributed by atoms with Gasteiger partial charge in [-0.1, -0.05) is 38.5 Å². The number of fused-ring (bicyclic) bond motifs is 2. The van der Waals surface area contributed by atoms with Crippen LogP contribution < -0.4 is 5.32 Å². The zero-order valence-corrected chi connectivity index (χ0v) is 12.0. The molecule has 0 heterocycles. The highest BCUT2D eigenvalue weighted by Crippen LogP contribution is 2.47. The minimum atomic E-state index is 0.990. The first-order valence-corrected chi connectivity index (χ1v) is 8.62. The second-order valence-electron chi connectivity index (χ2n) is 7.30. The lowest BCUT2D eigenvalue weighted by Gasteiger charge is -2.24. The maximum absolute atomic E-state index is 3.83. The lowest BCUT2D eigenvalue weighted by molar-refractivity contribution is 0.298. The van der Waals surface area contributed by atoms with Crippen LogP contribution in [-0.4, -0.2) is 13.1 Å². The van der Waals surface area contributed by atoms with Crippen LogP contribution >= 0.6 is 0 Å². The van der Waals surface area contributed by atoms with E-state index in [4.69, 9.17) is 0 Å². The topological polar surface area (TPSA) is 12.0 Å². The molecule has 1 heteroatoms. The Bertz CT molecular complexity index is 242. The summed E-state index contributed by atoms with van der Waals surface area (Å²) >= 11 is 0. The van der Waals surface area contributed by atoms with Crippen LogP contribution in [0.5, 0.6) is 0 Å². The maximum Gasteiger partial charge on any atom is -0.00176 e. The zero-order chi connectivity index (χ0) is 12.2. The molecule has 3 unspecified atom stereocenters. The molecule has 18 heavy (non-hydrogen) atoms. The third-order valence-corrected chi connectivity index (χ3v) is 5.95. The molecule has 3 rings (SSSR count). The summed E-state index contributed by atoms with van der Waals surface area (Å²) in [6, 6.07) is 0. The normalized spacial score (nSPS) is 37.7. The summed E-state index contributed by atoms with van der Waals surface area (Å²) in [5.74, 6) is 4.24. The van der Waals surface area contributed by atoms with Gasteiger partial charge in [-0.3, -0.25) is 0 Å². The molecule has 0 amide bonds. The minimum absolute atomic E-state index is 0.990. The monoisotopic (exact) mass is 249 g/mol. The summed E-state index contributed by atoms with van der Waals surface area (Å²) in [4.78, 5) is 0. The lowest BCUT2D eigenvalue weighted by Crippen LogP contribution is -2.30. The van der Waals surface area contributed by atoms with Crippen molar-refractivity contribution < 1.29 is 0 Å². The SMILES string of the molecule is C1CCCC(CNCC2CC3CCC2C3)CCC1. The van der Waals surface area contributed by atoms with Gasteiger partial charge in [0.1, 0.15) is 0 Å². The first-order valence-electron chi connectivity index (χ1n) is 8.62. The molecular weight excluding hydrogens is 218 g/mol. The van der Waals surface area contributed by atoms with Gasteiger partial charge in [0.2, 0.25) is 0 Å². The Balaban J connectivity index is 1.33. The van der Waals surface area contributed by atoms with E-state index in [1.54, 1.807) is 25.7 Å². The van der Waals surface area contributed by atoms with Crippen LogP contribution in [-0.2, 0) is 0 Å². The van der Waals surface area contributed by atoms with Gasteiger partial charge >= 0.3 is 0 Å². The van der Waals surface area contributed by atoms with Gasteiger partial charge in [0.25, 0.3) is 0 Å². The van der Waals surface area contributed by atoms with E-state index >= 15 is 0 Å². The second-order valence-corrected chi connectivity index (χ2v) is 7.30. The smallest absolute Gasteiger partial charge is 0.00176 e. The minimum Gasteiger partial charge on any atom is -0.316 e. The summed E-state index contributed by atoms with van der Waals surface area (Å²) < 4.78 is 0. The van der Waals surface area contributed by atoms with Crippen LogP contribution in [0.15, 0.2) is 0 Å². The van der Waals surface area contributed by atoms with E-state index in [0.29, 0.717) is 0 Å². The van der Waals surface area contributed by atoms with Crippen molar-refractivity contribution in [1.29, 1.82) is 0 Å². The maximum atomic E-state index is 3.83. The summed E-state index contributed by atoms with van der Waals surface area (Å²) in [6.07, 6.45) is 16.6. The van der Waals surface area contributed by atoms with Gasteiger partial charge < -0.3 is 5.32 Å². The average molecular weight is 249 g/mol. The van der Waals surface area contributed by atoms with E-state index < -0.39 is 0 Å². The standard InChI is InChI=1S/C17H31N/c1-2-4-6-14(7-5-3-1)12-18-13-17-11-15-8-9-16(17)10-15/h14-18H,1-13H2. The molecule has 0 saturated heterocycles. The summed E-state index contributed by atoms with van der Waals surface area (Å²) in [6.45, 7) is 2.64. The van der Waals surface area contributed by atoms with Crippen LogP contribution in [0.4, 0.5) is 0 Å².